The third-order valence-corrected chi connectivity index (χ3v) is 3.55. The molecule has 0 atom stereocenters. The van der Waals surface area contributed by atoms with E-state index in [4.69, 9.17) is 0 Å². The van der Waals surface area contributed by atoms with Gasteiger partial charge in [-0.1, -0.05) is 32.9 Å². The molecule has 0 amide bonds. The minimum Gasteiger partial charge on any atom is -0.341 e. The number of anilines is 3. The van der Waals surface area contributed by atoms with E-state index in [0.717, 1.165) is 49.8 Å². The third-order valence-electron chi connectivity index (χ3n) is 3.55. The molecule has 2 rings (SSSR count). The van der Waals surface area contributed by atoms with Crippen LogP contribution in [-0.4, -0.2) is 23.1 Å². The Labute approximate surface area is 133 Å². The molecule has 1 N–H and O–H groups in total. The fraction of sp³-hybridized carbons (Fsp3) is 0.444. The molecule has 22 heavy (non-hydrogen) atoms. The average Bonchev–Trinajstić information content (AvgIpc) is 2.56. The number of hydrogen-bond acceptors (Lipinski definition) is 4. The summed E-state index contributed by atoms with van der Waals surface area (Å²) in [6.45, 7) is 8.50. The van der Waals surface area contributed by atoms with E-state index in [1.54, 1.807) is 0 Å². The smallest absolute Gasteiger partial charge is 0.227 e. The second-order valence-electron chi connectivity index (χ2n) is 5.40. The van der Waals surface area contributed by atoms with Gasteiger partial charge < -0.3 is 10.2 Å². The molecule has 0 unspecified atom stereocenters. The lowest BCUT2D eigenvalue weighted by molar-refractivity contribution is 0.722. The molecule has 1 aromatic heterocycles. The summed E-state index contributed by atoms with van der Waals surface area (Å²) in [6, 6.07) is 10.4. The fourth-order valence-corrected chi connectivity index (χ4v) is 2.39. The van der Waals surface area contributed by atoms with Crippen LogP contribution in [0.3, 0.4) is 0 Å². The van der Waals surface area contributed by atoms with Crippen LogP contribution in [0, 0.1) is 0 Å². The van der Waals surface area contributed by atoms with Gasteiger partial charge in [-0.15, -0.1) is 0 Å². The molecule has 0 fully saturated rings. The van der Waals surface area contributed by atoms with E-state index in [-0.39, 0.29) is 0 Å². The van der Waals surface area contributed by atoms with Gasteiger partial charge in [0.05, 0.1) is 0 Å². The van der Waals surface area contributed by atoms with Crippen molar-refractivity contribution >= 4 is 17.5 Å². The molecule has 0 radical (unpaired) electrons. The second kappa shape index (κ2) is 8.37. The number of benzene rings is 1. The van der Waals surface area contributed by atoms with Crippen molar-refractivity contribution in [1.82, 2.24) is 9.97 Å². The molecule has 0 aliphatic carbocycles. The molecule has 4 nitrogen and oxygen atoms in total. The van der Waals surface area contributed by atoms with Gasteiger partial charge in [0, 0.05) is 25.0 Å². The number of nitrogens with zero attached hydrogens (tertiary/aromatic N) is 3. The molecule has 0 spiro atoms. The Bertz CT molecular complexity index is 560. The zero-order valence-corrected chi connectivity index (χ0v) is 13.8. The molecule has 1 heterocycles. The molecule has 118 valence electrons. The molecule has 0 aliphatic heterocycles. The highest BCUT2D eigenvalue weighted by atomic mass is 15.3. The number of aryl methyl sites for hydroxylation is 1. The quantitative estimate of drug-likeness (QED) is 0.784. The standard InChI is InChI=1S/C18H26N4/c1-4-13-22(14-5-2)18-19-12-11-17(21-18)20-16-9-7-15(6-3)8-10-16/h7-12H,4-6,13-14H2,1-3H3,(H,19,20,21). The maximum atomic E-state index is 4.65. The van der Waals surface area contributed by atoms with Gasteiger partial charge >= 0.3 is 0 Å². The lowest BCUT2D eigenvalue weighted by atomic mass is 10.1. The van der Waals surface area contributed by atoms with E-state index in [1.807, 2.05) is 12.3 Å². The third kappa shape index (κ3) is 4.45. The monoisotopic (exact) mass is 298 g/mol. The van der Waals surface area contributed by atoms with Crippen LogP contribution < -0.4 is 10.2 Å². The van der Waals surface area contributed by atoms with Gasteiger partial charge in [-0.25, -0.2) is 4.98 Å². The lowest BCUT2D eigenvalue weighted by Gasteiger charge is -2.21. The van der Waals surface area contributed by atoms with Crippen LogP contribution in [0.15, 0.2) is 36.5 Å². The van der Waals surface area contributed by atoms with Crippen LogP contribution in [0.1, 0.15) is 39.2 Å². The van der Waals surface area contributed by atoms with Crippen LogP contribution in [0.5, 0.6) is 0 Å². The van der Waals surface area contributed by atoms with Gasteiger partial charge in [-0.3, -0.25) is 0 Å². The average molecular weight is 298 g/mol. The Hall–Kier alpha value is -2.10. The first kappa shape index (κ1) is 16.3. The van der Waals surface area contributed by atoms with Crippen molar-refractivity contribution in [3.63, 3.8) is 0 Å². The summed E-state index contributed by atoms with van der Waals surface area (Å²) in [4.78, 5) is 11.3. The number of nitrogens with one attached hydrogen (secondary N) is 1. The molecular formula is C18H26N4. The zero-order valence-electron chi connectivity index (χ0n) is 13.8. The van der Waals surface area contributed by atoms with E-state index >= 15 is 0 Å². The summed E-state index contributed by atoms with van der Waals surface area (Å²) in [5, 5.41) is 3.36. The first-order valence-corrected chi connectivity index (χ1v) is 8.20. The molecule has 0 saturated carbocycles. The summed E-state index contributed by atoms with van der Waals surface area (Å²) in [6.07, 6.45) is 5.07. The van der Waals surface area contributed by atoms with E-state index in [9.17, 15) is 0 Å². The van der Waals surface area contributed by atoms with E-state index in [1.165, 1.54) is 5.56 Å². The lowest BCUT2D eigenvalue weighted by Crippen LogP contribution is -2.26. The Morgan fingerprint density at radius 2 is 1.64 bits per heavy atom. The highest BCUT2D eigenvalue weighted by molar-refractivity contribution is 5.57. The number of aromatic nitrogens is 2. The van der Waals surface area contributed by atoms with Gasteiger partial charge in [0.1, 0.15) is 5.82 Å². The van der Waals surface area contributed by atoms with E-state index in [0.29, 0.717) is 0 Å². The van der Waals surface area contributed by atoms with Crippen LogP contribution in [0.2, 0.25) is 0 Å². The second-order valence-corrected chi connectivity index (χ2v) is 5.40. The predicted octanol–water partition coefficient (Wildman–Crippen LogP) is 4.41. The minimum absolute atomic E-state index is 0.805. The Morgan fingerprint density at radius 1 is 0.955 bits per heavy atom. The van der Waals surface area contributed by atoms with Crippen molar-refractivity contribution in [3.8, 4) is 0 Å². The van der Waals surface area contributed by atoms with Crippen molar-refractivity contribution < 1.29 is 0 Å². The first-order valence-electron chi connectivity index (χ1n) is 8.20. The molecule has 2 aromatic rings. The Kier molecular flexibility index (Phi) is 6.19. The number of hydrogen-bond donors (Lipinski definition) is 1. The van der Waals surface area contributed by atoms with Crippen LogP contribution in [0.4, 0.5) is 17.5 Å². The summed E-state index contributed by atoms with van der Waals surface area (Å²) in [5.41, 5.74) is 2.39. The Balaban J connectivity index is 2.12. The van der Waals surface area contributed by atoms with Gasteiger partial charge in [-0.2, -0.15) is 4.98 Å². The van der Waals surface area contributed by atoms with Gasteiger partial charge in [0.15, 0.2) is 0 Å². The molecule has 1 aromatic carbocycles. The van der Waals surface area contributed by atoms with Crippen molar-refractivity contribution in [2.75, 3.05) is 23.3 Å². The van der Waals surface area contributed by atoms with Crippen molar-refractivity contribution in [2.45, 2.75) is 40.0 Å². The first-order chi connectivity index (χ1) is 10.8. The van der Waals surface area contributed by atoms with Gasteiger partial charge in [0.2, 0.25) is 5.95 Å². The summed E-state index contributed by atoms with van der Waals surface area (Å²) in [7, 11) is 0. The summed E-state index contributed by atoms with van der Waals surface area (Å²) in [5.74, 6) is 1.64. The van der Waals surface area contributed by atoms with Crippen molar-refractivity contribution in [3.05, 3.63) is 42.1 Å². The summed E-state index contributed by atoms with van der Waals surface area (Å²) < 4.78 is 0. The van der Waals surface area contributed by atoms with Crippen LogP contribution in [-0.2, 0) is 6.42 Å². The maximum Gasteiger partial charge on any atom is 0.227 e. The molecule has 0 bridgehead atoms. The van der Waals surface area contributed by atoms with E-state index in [2.05, 4.69) is 65.2 Å². The zero-order chi connectivity index (χ0) is 15.8. The number of rotatable bonds is 8. The largest absolute Gasteiger partial charge is 0.341 e. The van der Waals surface area contributed by atoms with Gasteiger partial charge in [0.25, 0.3) is 0 Å². The Morgan fingerprint density at radius 3 is 2.23 bits per heavy atom. The van der Waals surface area contributed by atoms with Crippen molar-refractivity contribution in [1.29, 1.82) is 0 Å². The molecular weight excluding hydrogens is 272 g/mol. The minimum atomic E-state index is 0.805. The van der Waals surface area contributed by atoms with Crippen molar-refractivity contribution in [2.24, 2.45) is 0 Å². The highest BCUT2D eigenvalue weighted by Gasteiger charge is 2.08. The van der Waals surface area contributed by atoms with Gasteiger partial charge in [-0.05, 0) is 43.0 Å². The molecule has 0 saturated heterocycles. The normalized spacial score (nSPS) is 10.5. The molecule has 0 aliphatic rings. The van der Waals surface area contributed by atoms with Crippen LogP contribution in [0.25, 0.3) is 0 Å². The topological polar surface area (TPSA) is 41.1 Å². The SMILES string of the molecule is CCCN(CCC)c1nccc(Nc2ccc(CC)cc2)n1. The summed E-state index contributed by atoms with van der Waals surface area (Å²) >= 11 is 0. The molecule has 4 heteroatoms. The fourth-order valence-electron chi connectivity index (χ4n) is 2.39. The van der Waals surface area contributed by atoms with E-state index < -0.39 is 0 Å². The highest BCUT2D eigenvalue weighted by Crippen LogP contribution is 2.18. The predicted molar refractivity (Wildman–Crippen MR) is 93.9 cm³/mol. The van der Waals surface area contributed by atoms with Crippen LogP contribution >= 0.6 is 0 Å². The maximum absolute atomic E-state index is 4.65.